The molecule has 0 atom stereocenters. The van der Waals surface area contributed by atoms with E-state index in [1.54, 1.807) is 42.5 Å². The van der Waals surface area contributed by atoms with Gasteiger partial charge in [0.1, 0.15) is 11.5 Å². The molecule has 1 aliphatic heterocycles. The molecule has 0 unspecified atom stereocenters. The van der Waals surface area contributed by atoms with Crippen LogP contribution in [0.4, 0.5) is 5.69 Å². The van der Waals surface area contributed by atoms with Crippen molar-refractivity contribution in [2.45, 2.75) is 13.8 Å². The molecule has 0 saturated heterocycles. The van der Waals surface area contributed by atoms with Crippen LogP contribution in [0.15, 0.2) is 72.5 Å². The Hall–Kier alpha value is -3.57. The molecule has 0 radical (unpaired) electrons. The van der Waals surface area contributed by atoms with E-state index in [2.05, 4.69) is 18.7 Å². The van der Waals surface area contributed by atoms with E-state index in [0.717, 1.165) is 24.3 Å². The highest BCUT2D eigenvalue weighted by atomic mass is 35.5. The number of esters is 1. The van der Waals surface area contributed by atoms with Crippen LogP contribution in [0.1, 0.15) is 40.1 Å². The lowest BCUT2D eigenvalue weighted by Crippen LogP contribution is -2.21. The fourth-order valence-electron chi connectivity index (χ4n) is 3.54. The summed E-state index contributed by atoms with van der Waals surface area (Å²) in [7, 11) is 0. The van der Waals surface area contributed by atoms with Crippen molar-refractivity contribution in [3.63, 3.8) is 0 Å². The SMILES string of the molecule is CCN(CC)c1ccc(/C=C2\Oc3cc(OC(=O)c4ccccc4Cl)ccc3C2=O)cc1. The van der Waals surface area contributed by atoms with E-state index >= 15 is 0 Å². The topological polar surface area (TPSA) is 55.8 Å². The van der Waals surface area contributed by atoms with Crippen molar-refractivity contribution >= 4 is 35.1 Å². The number of carbonyl (C=O) groups excluding carboxylic acids is 2. The first-order valence-electron chi connectivity index (χ1n) is 10.4. The average Bonchev–Trinajstić information content (AvgIpc) is 3.10. The summed E-state index contributed by atoms with van der Waals surface area (Å²) in [5.74, 6) is 0.0580. The van der Waals surface area contributed by atoms with E-state index in [1.165, 1.54) is 6.07 Å². The zero-order valence-electron chi connectivity index (χ0n) is 17.8. The Morgan fingerprint density at radius 1 is 1.03 bits per heavy atom. The molecule has 0 spiro atoms. The molecular formula is C26H22ClNO4. The predicted octanol–water partition coefficient (Wildman–Crippen LogP) is 6.02. The van der Waals surface area contributed by atoms with E-state index in [0.29, 0.717) is 16.3 Å². The molecule has 0 bridgehead atoms. The van der Waals surface area contributed by atoms with Gasteiger partial charge in [0.2, 0.25) is 5.78 Å². The van der Waals surface area contributed by atoms with Crippen LogP contribution in [0.25, 0.3) is 6.08 Å². The van der Waals surface area contributed by atoms with Crippen molar-refractivity contribution in [3.05, 3.63) is 94.2 Å². The molecule has 5 nitrogen and oxygen atoms in total. The number of hydrogen-bond donors (Lipinski definition) is 0. The predicted molar refractivity (Wildman–Crippen MR) is 126 cm³/mol. The Bertz CT molecular complexity index is 1200. The molecule has 32 heavy (non-hydrogen) atoms. The highest BCUT2D eigenvalue weighted by Gasteiger charge is 2.28. The van der Waals surface area contributed by atoms with Gasteiger partial charge in [0.25, 0.3) is 0 Å². The van der Waals surface area contributed by atoms with Gasteiger partial charge in [0.15, 0.2) is 5.76 Å². The Morgan fingerprint density at radius 3 is 2.44 bits per heavy atom. The van der Waals surface area contributed by atoms with Crippen LogP contribution < -0.4 is 14.4 Å². The number of anilines is 1. The van der Waals surface area contributed by atoms with Gasteiger partial charge in [-0.05, 0) is 61.9 Å². The van der Waals surface area contributed by atoms with Gasteiger partial charge < -0.3 is 14.4 Å². The molecule has 1 aliphatic rings. The first kappa shape index (κ1) is 21.7. The third-order valence-corrected chi connectivity index (χ3v) is 5.59. The number of ketones is 1. The van der Waals surface area contributed by atoms with Crippen LogP contribution in [0.3, 0.4) is 0 Å². The molecule has 0 fully saturated rings. The van der Waals surface area contributed by atoms with E-state index in [1.807, 2.05) is 24.3 Å². The van der Waals surface area contributed by atoms with Crippen molar-refractivity contribution in [1.82, 2.24) is 0 Å². The highest BCUT2D eigenvalue weighted by molar-refractivity contribution is 6.33. The van der Waals surface area contributed by atoms with E-state index in [9.17, 15) is 9.59 Å². The summed E-state index contributed by atoms with van der Waals surface area (Å²) < 4.78 is 11.2. The fourth-order valence-corrected chi connectivity index (χ4v) is 3.75. The average molecular weight is 448 g/mol. The fraction of sp³-hybridized carbons (Fsp3) is 0.154. The first-order chi connectivity index (χ1) is 15.5. The van der Waals surface area contributed by atoms with Crippen LogP contribution >= 0.6 is 11.6 Å². The number of rotatable bonds is 6. The number of fused-ring (bicyclic) bond motifs is 1. The number of nitrogens with zero attached hydrogens (tertiary/aromatic N) is 1. The zero-order chi connectivity index (χ0) is 22.7. The molecule has 0 aliphatic carbocycles. The van der Waals surface area contributed by atoms with Gasteiger partial charge in [-0.3, -0.25) is 4.79 Å². The van der Waals surface area contributed by atoms with Gasteiger partial charge in [-0.25, -0.2) is 4.79 Å². The smallest absolute Gasteiger partial charge is 0.345 e. The number of hydrogen-bond acceptors (Lipinski definition) is 5. The number of halogens is 1. The summed E-state index contributed by atoms with van der Waals surface area (Å²) in [6.45, 7) is 6.08. The third-order valence-electron chi connectivity index (χ3n) is 5.27. The molecule has 0 amide bonds. The van der Waals surface area contributed by atoms with Gasteiger partial charge in [0, 0.05) is 24.8 Å². The molecule has 0 N–H and O–H groups in total. The van der Waals surface area contributed by atoms with Crippen LogP contribution in [-0.4, -0.2) is 24.8 Å². The summed E-state index contributed by atoms with van der Waals surface area (Å²) in [4.78, 5) is 27.4. The van der Waals surface area contributed by atoms with Crippen molar-refractivity contribution in [2.24, 2.45) is 0 Å². The summed E-state index contributed by atoms with van der Waals surface area (Å²) in [6.07, 6.45) is 1.71. The Morgan fingerprint density at radius 2 is 1.75 bits per heavy atom. The number of carbonyl (C=O) groups is 2. The molecular weight excluding hydrogens is 426 g/mol. The van der Waals surface area contributed by atoms with Gasteiger partial charge in [-0.15, -0.1) is 0 Å². The monoisotopic (exact) mass is 447 g/mol. The lowest BCUT2D eigenvalue weighted by molar-refractivity contribution is 0.0734. The minimum Gasteiger partial charge on any atom is -0.452 e. The zero-order valence-corrected chi connectivity index (χ0v) is 18.6. The first-order valence-corrected chi connectivity index (χ1v) is 10.8. The Balaban J connectivity index is 1.51. The van der Waals surface area contributed by atoms with Crippen LogP contribution in [0.5, 0.6) is 11.5 Å². The molecule has 162 valence electrons. The van der Waals surface area contributed by atoms with Crippen molar-refractivity contribution < 1.29 is 19.1 Å². The quantitative estimate of drug-likeness (QED) is 0.262. The minimum atomic E-state index is -0.580. The largest absolute Gasteiger partial charge is 0.452 e. The minimum absolute atomic E-state index is 0.211. The number of ether oxygens (including phenoxy) is 2. The second-order valence-electron chi connectivity index (χ2n) is 7.23. The van der Waals surface area contributed by atoms with Gasteiger partial charge >= 0.3 is 5.97 Å². The molecule has 0 aromatic heterocycles. The summed E-state index contributed by atoms with van der Waals surface area (Å²) in [5.41, 5.74) is 2.68. The molecule has 4 rings (SSSR count). The highest BCUT2D eigenvalue weighted by Crippen LogP contribution is 2.35. The van der Waals surface area contributed by atoms with E-state index in [4.69, 9.17) is 21.1 Å². The second kappa shape index (κ2) is 9.28. The summed E-state index contributed by atoms with van der Waals surface area (Å²) in [5, 5.41) is 0.308. The second-order valence-corrected chi connectivity index (χ2v) is 7.64. The van der Waals surface area contributed by atoms with Crippen molar-refractivity contribution in [2.75, 3.05) is 18.0 Å². The van der Waals surface area contributed by atoms with E-state index in [-0.39, 0.29) is 22.9 Å². The molecule has 6 heteroatoms. The normalized spacial score (nSPS) is 13.6. The van der Waals surface area contributed by atoms with Crippen LogP contribution in [0, 0.1) is 0 Å². The van der Waals surface area contributed by atoms with Crippen LogP contribution in [0.2, 0.25) is 5.02 Å². The van der Waals surface area contributed by atoms with E-state index < -0.39 is 5.97 Å². The summed E-state index contributed by atoms with van der Waals surface area (Å²) >= 11 is 6.06. The maximum Gasteiger partial charge on any atom is 0.345 e. The third kappa shape index (κ3) is 4.39. The Labute approximate surface area is 191 Å². The molecule has 1 heterocycles. The lowest BCUT2D eigenvalue weighted by Gasteiger charge is -2.20. The molecule has 3 aromatic carbocycles. The van der Waals surface area contributed by atoms with Crippen molar-refractivity contribution in [3.8, 4) is 11.5 Å². The van der Waals surface area contributed by atoms with Crippen LogP contribution in [-0.2, 0) is 0 Å². The van der Waals surface area contributed by atoms with Crippen molar-refractivity contribution in [1.29, 1.82) is 0 Å². The molecule has 3 aromatic rings. The maximum atomic E-state index is 12.7. The number of allylic oxidation sites excluding steroid dienone is 1. The van der Waals surface area contributed by atoms with Gasteiger partial charge in [-0.1, -0.05) is 35.9 Å². The molecule has 0 saturated carbocycles. The number of benzene rings is 3. The maximum absolute atomic E-state index is 12.7. The standard InChI is InChI=1S/C26H22ClNO4/c1-3-28(4-2)18-11-9-17(10-12-18)15-24-25(29)21-14-13-19(16-23(21)32-24)31-26(30)20-7-5-6-8-22(20)27/h5-16H,3-4H2,1-2H3/b24-15-. The lowest BCUT2D eigenvalue weighted by atomic mass is 10.1. The van der Waals surface area contributed by atoms with Gasteiger partial charge in [-0.2, -0.15) is 0 Å². The van der Waals surface area contributed by atoms with Gasteiger partial charge in [0.05, 0.1) is 16.1 Å². The Kier molecular flexibility index (Phi) is 6.28. The number of Topliss-reactive ketones (excluding diaryl/α,β-unsaturated/α-hetero) is 1. The summed E-state index contributed by atoms with van der Waals surface area (Å²) in [6, 6.07) is 19.3.